The molecule has 1 aromatic rings. The van der Waals surface area contributed by atoms with Gasteiger partial charge in [0.2, 0.25) is 0 Å². The van der Waals surface area contributed by atoms with Crippen LogP contribution in [0.25, 0.3) is 6.08 Å². The van der Waals surface area contributed by atoms with Gasteiger partial charge in [-0.05, 0) is 13.0 Å². The summed E-state index contributed by atoms with van der Waals surface area (Å²) in [5.74, 6) is 2.05. The average Bonchev–Trinajstić information content (AvgIpc) is 2.37. The third-order valence-electron chi connectivity index (χ3n) is 2.46. The van der Waals surface area contributed by atoms with Crippen molar-refractivity contribution in [1.29, 1.82) is 0 Å². The van der Waals surface area contributed by atoms with Crippen LogP contribution in [-0.2, 0) is 0 Å². The number of hydrogen-bond acceptors (Lipinski definition) is 4. The van der Waals surface area contributed by atoms with Crippen LogP contribution in [0.1, 0.15) is 12.5 Å². The predicted octanol–water partition coefficient (Wildman–Crippen LogP) is 2.07. The minimum atomic E-state index is 0.511. The molecule has 0 fully saturated rings. The van der Waals surface area contributed by atoms with E-state index >= 15 is 0 Å². The van der Waals surface area contributed by atoms with Crippen LogP contribution >= 0.6 is 0 Å². The van der Waals surface area contributed by atoms with Crippen LogP contribution in [-0.4, -0.2) is 27.9 Å². The van der Waals surface area contributed by atoms with E-state index in [1.165, 1.54) is 0 Å². The van der Waals surface area contributed by atoms with E-state index in [0.29, 0.717) is 18.0 Å². The van der Waals surface area contributed by atoms with Crippen molar-refractivity contribution >= 4 is 6.08 Å². The highest BCUT2D eigenvalue weighted by molar-refractivity contribution is 5.65. The summed E-state index contributed by atoms with van der Waals surface area (Å²) in [6.45, 7) is 2.48. The van der Waals surface area contributed by atoms with Crippen LogP contribution in [0.4, 0.5) is 0 Å². The summed E-state index contributed by atoms with van der Waals surface area (Å²) >= 11 is 0. The maximum absolute atomic E-state index is 5.57. The summed E-state index contributed by atoms with van der Waals surface area (Å²) in [4.78, 5) is 0. The van der Waals surface area contributed by atoms with Gasteiger partial charge in [-0.1, -0.05) is 11.6 Å². The Kier molecular flexibility index (Phi) is 4.84. The zero-order valence-corrected chi connectivity index (χ0v) is 10.7. The zero-order valence-electron chi connectivity index (χ0n) is 10.7. The normalized spacial score (nSPS) is 11.2. The minimum absolute atomic E-state index is 0.511. The van der Waals surface area contributed by atoms with Gasteiger partial charge < -0.3 is 19.9 Å². The summed E-state index contributed by atoms with van der Waals surface area (Å²) in [5, 5.41) is 0. The first-order chi connectivity index (χ1) is 8.15. The second kappa shape index (κ2) is 6.15. The van der Waals surface area contributed by atoms with Crippen LogP contribution in [0.15, 0.2) is 17.7 Å². The molecule has 2 N–H and O–H groups in total. The molecular weight excluding hydrogens is 218 g/mol. The van der Waals surface area contributed by atoms with Gasteiger partial charge in [-0.2, -0.15) is 0 Å². The van der Waals surface area contributed by atoms with Gasteiger partial charge >= 0.3 is 0 Å². The van der Waals surface area contributed by atoms with E-state index in [1.807, 2.05) is 19.1 Å². The number of nitrogens with two attached hydrogens (primary N) is 1. The van der Waals surface area contributed by atoms with Crippen molar-refractivity contribution in [3.8, 4) is 17.2 Å². The second-order valence-electron chi connectivity index (χ2n) is 3.64. The van der Waals surface area contributed by atoms with Gasteiger partial charge in [-0.15, -0.1) is 0 Å². The van der Waals surface area contributed by atoms with Crippen molar-refractivity contribution in [3.05, 3.63) is 23.3 Å². The fourth-order valence-electron chi connectivity index (χ4n) is 1.49. The SMILES string of the molecule is COc1cc(OC)c(OC)cc1C=C(C)CN. The lowest BCUT2D eigenvalue weighted by Gasteiger charge is -2.12. The van der Waals surface area contributed by atoms with Crippen LogP contribution < -0.4 is 19.9 Å². The summed E-state index contributed by atoms with van der Waals surface area (Å²) in [5.41, 5.74) is 7.56. The Balaban J connectivity index is 3.28. The molecule has 0 atom stereocenters. The fraction of sp³-hybridized carbons (Fsp3) is 0.385. The van der Waals surface area contributed by atoms with E-state index in [9.17, 15) is 0 Å². The average molecular weight is 237 g/mol. The summed E-state index contributed by atoms with van der Waals surface area (Å²) < 4.78 is 15.8. The van der Waals surface area contributed by atoms with Crippen molar-refractivity contribution < 1.29 is 14.2 Å². The Morgan fingerprint density at radius 1 is 1.06 bits per heavy atom. The molecule has 0 radical (unpaired) electrons. The number of hydrogen-bond donors (Lipinski definition) is 1. The molecule has 0 bridgehead atoms. The Bertz CT molecular complexity index is 413. The van der Waals surface area contributed by atoms with Crippen LogP contribution in [0, 0.1) is 0 Å². The van der Waals surface area contributed by atoms with E-state index in [4.69, 9.17) is 19.9 Å². The first kappa shape index (κ1) is 13.4. The van der Waals surface area contributed by atoms with Crippen molar-refractivity contribution in [1.82, 2.24) is 0 Å². The van der Waals surface area contributed by atoms with Gasteiger partial charge in [0.05, 0.1) is 21.3 Å². The molecule has 1 aromatic carbocycles. The molecule has 0 spiro atoms. The third-order valence-corrected chi connectivity index (χ3v) is 2.46. The number of methoxy groups -OCH3 is 3. The highest BCUT2D eigenvalue weighted by Gasteiger charge is 2.10. The van der Waals surface area contributed by atoms with Crippen LogP contribution in [0.3, 0.4) is 0 Å². The summed E-state index contributed by atoms with van der Waals surface area (Å²) in [6, 6.07) is 3.67. The molecule has 4 heteroatoms. The van der Waals surface area contributed by atoms with E-state index in [-0.39, 0.29) is 0 Å². The standard InChI is InChI=1S/C13H19NO3/c1-9(8-14)5-10-6-12(16-3)13(17-4)7-11(10)15-2/h5-7H,8,14H2,1-4H3. The van der Waals surface area contributed by atoms with Gasteiger partial charge in [0.1, 0.15) is 5.75 Å². The molecular formula is C13H19NO3. The molecule has 0 saturated heterocycles. The Labute approximate surface area is 102 Å². The lowest BCUT2D eigenvalue weighted by molar-refractivity contribution is 0.348. The summed E-state index contributed by atoms with van der Waals surface area (Å²) in [6.07, 6.45) is 1.97. The van der Waals surface area contributed by atoms with Crippen molar-refractivity contribution in [2.45, 2.75) is 6.92 Å². The summed E-state index contributed by atoms with van der Waals surface area (Å²) in [7, 11) is 4.82. The molecule has 17 heavy (non-hydrogen) atoms. The second-order valence-corrected chi connectivity index (χ2v) is 3.64. The lowest BCUT2D eigenvalue weighted by atomic mass is 10.1. The van der Waals surface area contributed by atoms with Gasteiger partial charge in [-0.25, -0.2) is 0 Å². The first-order valence-electron chi connectivity index (χ1n) is 5.33. The number of ether oxygens (including phenoxy) is 3. The molecule has 4 nitrogen and oxygen atoms in total. The fourth-order valence-corrected chi connectivity index (χ4v) is 1.49. The molecule has 0 aliphatic carbocycles. The highest BCUT2D eigenvalue weighted by Crippen LogP contribution is 2.35. The molecule has 0 heterocycles. The Morgan fingerprint density at radius 3 is 2.06 bits per heavy atom. The molecule has 1 rings (SSSR count). The lowest BCUT2D eigenvalue weighted by Crippen LogP contribution is -2.00. The van der Waals surface area contributed by atoms with Crippen molar-refractivity contribution in [2.24, 2.45) is 5.73 Å². The van der Waals surface area contributed by atoms with Gasteiger partial charge in [0.15, 0.2) is 11.5 Å². The molecule has 0 amide bonds. The molecule has 94 valence electrons. The quantitative estimate of drug-likeness (QED) is 0.851. The first-order valence-corrected chi connectivity index (χ1v) is 5.33. The van der Waals surface area contributed by atoms with Crippen molar-refractivity contribution in [2.75, 3.05) is 27.9 Å². The maximum Gasteiger partial charge on any atom is 0.164 e. The van der Waals surface area contributed by atoms with Gasteiger partial charge in [-0.3, -0.25) is 0 Å². The number of rotatable bonds is 5. The topological polar surface area (TPSA) is 53.7 Å². The molecule has 0 unspecified atom stereocenters. The Morgan fingerprint density at radius 2 is 1.59 bits per heavy atom. The predicted molar refractivity (Wildman–Crippen MR) is 68.8 cm³/mol. The van der Waals surface area contributed by atoms with E-state index < -0.39 is 0 Å². The zero-order chi connectivity index (χ0) is 12.8. The molecule has 0 aliphatic heterocycles. The van der Waals surface area contributed by atoms with Crippen LogP contribution in [0.2, 0.25) is 0 Å². The smallest absolute Gasteiger partial charge is 0.164 e. The van der Waals surface area contributed by atoms with E-state index in [2.05, 4.69) is 0 Å². The minimum Gasteiger partial charge on any atom is -0.496 e. The van der Waals surface area contributed by atoms with Gasteiger partial charge in [0.25, 0.3) is 0 Å². The van der Waals surface area contributed by atoms with Crippen molar-refractivity contribution in [3.63, 3.8) is 0 Å². The number of benzene rings is 1. The third kappa shape index (κ3) is 3.14. The highest BCUT2D eigenvalue weighted by atomic mass is 16.5. The maximum atomic E-state index is 5.57. The van der Waals surface area contributed by atoms with E-state index in [0.717, 1.165) is 16.9 Å². The Hall–Kier alpha value is -1.68. The monoisotopic (exact) mass is 237 g/mol. The van der Waals surface area contributed by atoms with Crippen LogP contribution in [0.5, 0.6) is 17.2 Å². The largest absolute Gasteiger partial charge is 0.496 e. The van der Waals surface area contributed by atoms with Gasteiger partial charge in [0, 0.05) is 18.2 Å². The molecule has 0 aromatic heterocycles. The molecule has 0 aliphatic rings. The van der Waals surface area contributed by atoms with E-state index in [1.54, 1.807) is 27.4 Å². The molecule has 0 saturated carbocycles.